The standard InChI is InChI=1S/C12H21NO.ClH/c1-2-12(14-5-1)8-9-6-10-3-4-11(7-9)13-10;/h9-13H,1-8H2;1H. The van der Waals surface area contributed by atoms with E-state index in [0.717, 1.165) is 24.6 Å². The van der Waals surface area contributed by atoms with Gasteiger partial charge in [0.25, 0.3) is 0 Å². The molecule has 15 heavy (non-hydrogen) atoms. The zero-order valence-electron chi connectivity index (χ0n) is 9.28. The van der Waals surface area contributed by atoms with Crippen molar-refractivity contribution in [1.82, 2.24) is 5.32 Å². The van der Waals surface area contributed by atoms with Crippen LogP contribution < -0.4 is 5.32 Å². The van der Waals surface area contributed by atoms with E-state index in [4.69, 9.17) is 4.74 Å². The molecule has 0 radical (unpaired) electrons. The lowest BCUT2D eigenvalue weighted by molar-refractivity contribution is 0.0804. The average molecular weight is 232 g/mol. The number of rotatable bonds is 2. The van der Waals surface area contributed by atoms with Crippen molar-refractivity contribution in [3.63, 3.8) is 0 Å². The molecule has 2 nitrogen and oxygen atoms in total. The van der Waals surface area contributed by atoms with Crippen LogP contribution in [0, 0.1) is 5.92 Å². The zero-order valence-corrected chi connectivity index (χ0v) is 10.1. The molecule has 1 N–H and O–H groups in total. The number of nitrogens with one attached hydrogen (secondary N) is 1. The third kappa shape index (κ3) is 2.66. The molecule has 2 bridgehead atoms. The van der Waals surface area contributed by atoms with Gasteiger partial charge in [-0.05, 0) is 50.9 Å². The van der Waals surface area contributed by atoms with Crippen LogP contribution in [-0.2, 0) is 4.74 Å². The van der Waals surface area contributed by atoms with E-state index < -0.39 is 0 Å². The maximum absolute atomic E-state index is 5.73. The third-order valence-corrected chi connectivity index (χ3v) is 4.19. The van der Waals surface area contributed by atoms with E-state index in [0.29, 0.717) is 6.10 Å². The van der Waals surface area contributed by atoms with E-state index in [1.165, 1.54) is 44.9 Å². The fraction of sp³-hybridized carbons (Fsp3) is 1.00. The van der Waals surface area contributed by atoms with E-state index in [1.807, 2.05) is 0 Å². The van der Waals surface area contributed by atoms with Gasteiger partial charge in [0.2, 0.25) is 0 Å². The van der Waals surface area contributed by atoms with Crippen molar-refractivity contribution in [3.05, 3.63) is 0 Å². The molecule has 3 saturated heterocycles. The van der Waals surface area contributed by atoms with E-state index in [1.54, 1.807) is 0 Å². The minimum Gasteiger partial charge on any atom is -0.378 e. The number of halogens is 1. The maximum atomic E-state index is 5.73. The predicted molar refractivity (Wildman–Crippen MR) is 63.5 cm³/mol. The quantitative estimate of drug-likeness (QED) is 0.789. The highest BCUT2D eigenvalue weighted by molar-refractivity contribution is 5.85. The Balaban J connectivity index is 0.000000853. The van der Waals surface area contributed by atoms with Crippen molar-refractivity contribution < 1.29 is 4.74 Å². The van der Waals surface area contributed by atoms with E-state index >= 15 is 0 Å². The average Bonchev–Trinajstić information content (AvgIpc) is 2.77. The number of hydrogen-bond donors (Lipinski definition) is 1. The smallest absolute Gasteiger partial charge is 0.0578 e. The molecular weight excluding hydrogens is 210 g/mol. The van der Waals surface area contributed by atoms with Gasteiger partial charge in [-0.15, -0.1) is 12.4 Å². The molecule has 3 heterocycles. The third-order valence-electron chi connectivity index (χ3n) is 4.19. The summed E-state index contributed by atoms with van der Waals surface area (Å²) in [5.41, 5.74) is 0. The molecule has 0 aromatic rings. The summed E-state index contributed by atoms with van der Waals surface area (Å²) in [6.45, 7) is 1.02. The summed E-state index contributed by atoms with van der Waals surface area (Å²) in [5, 5.41) is 3.70. The van der Waals surface area contributed by atoms with Crippen LogP contribution in [0.4, 0.5) is 0 Å². The van der Waals surface area contributed by atoms with Crippen LogP contribution in [0.15, 0.2) is 0 Å². The molecule has 88 valence electrons. The molecule has 3 unspecified atom stereocenters. The van der Waals surface area contributed by atoms with E-state index in [9.17, 15) is 0 Å². The first-order chi connectivity index (χ1) is 6.90. The highest BCUT2D eigenvalue weighted by Crippen LogP contribution is 2.35. The van der Waals surface area contributed by atoms with Crippen LogP contribution in [0.5, 0.6) is 0 Å². The van der Waals surface area contributed by atoms with Gasteiger partial charge in [0, 0.05) is 18.7 Å². The van der Waals surface area contributed by atoms with Gasteiger partial charge in [-0.25, -0.2) is 0 Å². The van der Waals surface area contributed by atoms with Crippen molar-refractivity contribution >= 4 is 12.4 Å². The molecule has 0 aliphatic carbocycles. The van der Waals surface area contributed by atoms with Crippen molar-refractivity contribution in [2.24, 2.45) is 5.92 Å². The monoisotopic (exact) mass is 231 g/mol. The fourth-order valence-electron chi connectivity index (χ4n) is 3.57. The van der Waals surface area contributed by atoms with Gasteiger partial charge in [0.1, 0.15) is 0 Å². The number of ether oxygens (including phenoxy) is 1. The lowest BCUT2D eigenvalue weighted by atomic mass is 9.87. The first-order valence-corrected chi connectivity index (χ1v) is 6.28. The molecule has 3 aliphatic rings. The first kappa shape index (κ1) is 11.7. The van der Waals surface area contributed by atoms with E-state index in [2.05, 4.69) is 5.32 Å². The Morgan fingerprint density at radius 3 is 2.40 bits per heavy atom. The minimum absolute atomic E-state index is 0. The summed E-state index contributed by atoms with van der Waals surface area (Å²) in [5.74, 6) is 0.955. The maximum Gasteiger partial charge on any atom is 0.0578 e. The SMILES string of the molecule is C1COC(CC2CC3CCC(C2)N3)C1.Cl. The molecule has 3 rings (SSSR count). The Kier molecular flexibility index (Phi) is 3.92. The molecule has 0 amide bonds. The normalized spacial score (nSPS) is 44.0. The van der Waals surface area contributed by atoms with Crippen LogP contribution in [-0.4, -0.2) is 24.8 Å². The van der Waals surface area contributed by atoms with Crippen LogP contribution >= 0.6 is 12.4 Å². The molecule has 3 atom stereocenters. The largest absolute Gasteiger partial charge is 0.378 e. The second-order valence-electron chi connectivity index (χ2n) is 5.35. The zero-order chi connectivity index (χ0) is 9.38. The lowest BCUT2D eigenvalue weighted by Crippen LogP contribution is -2.38. The van der Waals surface area contributed by atoms with Gasteiger partial charge < -0.3 is 10.1 Å². The number of fused-ring (bicyclic) bond motifs is 2. The molecule has 0 spiro atoms. The molecule has 0 aromatic carbocycles. The first-order valence-electron chi connectivity index (χ1n) is 6.28. The second kappa shape index (κ2) is 5.03. The van der Waals surface area contributed by atoms with Crippen LogP contribution in [0.25, 0.3) is 0 Å². The summed E-state index contributed by atoms with van der Waals surface area (Å²) in [6.07, 6.45) is 10.2. The summed E-state index contributed by atoms with van der Waals surface area (Å²) in [7, 11) is 0. The Morgan fingerprint density at radius 2 is 1.80 bits per heavy atom. The van der Waals surface area contributed by atoms with Crippen molar-refractivity contribution in [3.8, 4) is 0 Å². The Hall–Kier alpha value is 0.210. The van der Waals surface area contributed by atoms with Crippen molar-refractivity contribution in [2.75, 3.05) is 6.61 Å². The van der Waals surface area contributed by atoms with Gasteiger partial charge in [-0.3, -0.25) is 0 Å². The lowest BCUT2D eigenvalue weighted by Gasteiger charge is -2.30. The summed E-state index contributed by atoms with van der Waals surface area (Å²) < 4.78 is 5.73. The molecule has 3 fully saturated rings. The van der Waals surface area contributed by atoms with Crippen LogP contribution in [0.3, 0.4) is 0 Å². The minimum atomic E-state index is 0. The van der Waals surface area contributed by atoms with Gasteiger partial charge in [-0.2, -0.15) is 0 Å². The summed E-state index contributed by atoms with van der Waals surface area (Å²) in [4.78, 5) is 0. The predicted octanol–water partition coefficient (Wildman–Crippen LogP) is 2.51. The van der Waals surface area contributed by atoms with Crippen LogP contribution in [0.1, 0.15) is 44.9 Å². The highest BCUT2D eigenvalue weighted by Gasteiger charge is 2.34. The van der Waals surface area contributed by atoms with Crippen LogP contribution in [0.2, 0.25) is 0 Å². The molecule has 0 aromatic heterocycles. The van der Waals surface area contributed by atoms with E-state index in [-0.39, 0.29) is 12.4 Å². The molecular formula is C12H22ClNO. The second-order valence-corrected chi connectivity index (χ2v) is 5.35. The van der Waals surface area contributed by atoms with Crippen molar-refractivity contribution in [2.45, 2.75) is 63.1 Å². The van der Waals surface area contributed by atoms with Gasteiger partial charge in [0.05, 0.1) is 6.10 Å². The van der Waals surface area contributed by atoms with Gasteiger partial charge in [0.15, 0.2) is 0 Å². The van der Waals surface area contributed by atoms with Gasteiger partial charge >= 0.3 is 0 Å². The molecule has 0 saturated carbocycles. The number of piperidine rings is 1. The topological polar surface area (TPSA) is 21.3 Å². The summed E-state index contributed by atoms with van der Waals surface area (Å²) in [6, 6.07) is 1.69. The van der Waals surface area contributed by atoms with Crippen molar-refractivity contribution in [1.29, 1.82) is 0 Å². The Bertz CT molecular complexity index is 194. The Labute approximate surface area is 98.6 Å². The highest BCUT2D eigenvalue weighted by atomic mass is 35.5. The summed E-state index contributed by atoms with van der Waals surface area (Å²) >= 11 is 0. The molecule has 3 aliphatic heterocycles. The number of hydrogen-bond acceptors (Lipinski definition) is 2. The Morgan fingerprint density at radius 1 is 1.07 bits per heavy atom. The molecule has 3 heteroatoms. The van der Waals surface area contributed by atoms with Gasteiger partial charge in [-0.1, -0.05) is 0 Å². The fourth-order valence-corrected chi connectivity index (χ4v) is 3.57.